The molecule has 0 unspecified atom stereocenters. The van der Waals surface area contributed by atoms with Gasteiger partial charge in [-0.05, 0) is 24.3 Å². The summed E-state index contributed by atoms with van der Waals surface area (Å²) in [6.07, 6.45) is -0.563. The van der Waals surface area contributed by atoms with Gasteiger partial charge in [-0.2, -0.15) is 0 Å². The Labute approximate surface area is 184 Å². The number of amides is 2. The van der Waals surface area contributed by atoms with Gasteiger partial charge < -0.3 is 31.5 Å². The number of nitro groups is 1. The largest absolute Gasteiger partial charge is 0.480 e. The summed E-state index contributed by atoms with van der Waals surface area (Å²) in [5, 5.41) is 28.8. The molecule has 1 rings (SSSR count). The van der Waals surface area contributed by atoms with E-state index in [2.05, 4.69) is 21.1 Å². The maximum absolute atomic E-state index is 12.6. The second kappa shape index (κ2) is 13.4. The van der Waals surface area contributed by atoms with Crippen LogP contribution in [0.15, 0.2) is 35.4 Å². The molecule has 0 aliphatic rings. The van der Waals surface area contributed by atoms with Gasteiger partial charge in [0.15, 0.2) is 5.03 Å². The second-order valence-electron chi connectivity index (χ2n) is 7.12. The van der Waals surface area contributed by atoms with E-state index in [9.17, 15) is 29.6 Å². The van der Waals surface area contributed by atoms with E-state index in [1.807, 2.05) is 6.07 Å². The Morgan fingerprint density at radius 3 is 2.44 bits per heavy atom. The Balaban J connectivity index is 2.58. The molecule has 176 valence electrons. The molecule has 2 amide bonds. The van der Waals surface area contributed by atoms with Crippen LogP contribution in [0, 0.1) is 16.0 Å². The highest BCUT2D eigenvalue weighted by Gasteiger charge is 2.29. The lowest BCUT2D eigenvalue weighted by atomic mass is 10.0. The van der Waals surface area contributed by atoms with Gasteiger partial charge in [-0.25, -0.2) is 19.7 Å². The van der Waals surface area contributed by atoms with Crippen LogP contribution in [0.3, 0.4) is 0 Å². The predicted octanol–water partition coefficient (Wildman–Crippen LogP) is 0.383. The number of carbonyl (C=O) groups excluding carboxylic acids is 2. The van der Waals surface area contributed by atoms with E-state index in [0.717, 1.165) is 5.56 Å². The van der Waals surface area contributed by atoms with Crippen LogP contribution in [0.1, 0.15) is 32.3 Å². The molecule has 0 aromatic heterocycles. The first-order valence-electron chi connectivity index (χ1n) is 9.82. The number of rotatable bonds is 12. The number of guanidine groups is 1. The fraction of sp³-hybridized carbons (Fsp3) is 0.474. The first kappa shape index (κ1) is 26.1. The summed E-state index contributed by atoms with van der Waals surface area (Å²) in [4.78, 5) is 46.4. The van der Waals surface area contributed by atoms with Gasteiger partial charge in [0.2, 0.25) is 5.91 Å². The third-order valence-corrected chi connectivity index (χ3v) is 4.21. The van der Waals surface area contributed by atoms with Crippen molar-refractivity contribution < 1.29 is 29.3 Å². The molecule has 0 radical (unpaired) electrons. The third kappa shape index (κ3) is 10.2. The van der Waals surface area contributed by atoms with E-state index in [4.69, 9.17) is 10.5 Å². The van der Waals surface area contributed by atoms with Gasteiger partial charge in [0.05, 0.1) is 0 Å². The van der Waals surface area contributed by atoms with E-state index in [1.165, 1.54) is 0 Å². The summed E-state index contributed by atoms with van der Waals surface area (Å²) in [5.41, 5.74) is 6.05. The van der Waals surface area contributed by atoms with Crippen LogP contribution in [0.25, 0.3) is 0 Å². The van der Waals surface area contributed by atoms with Crippen LogP contribution < -0.4 is 21.7 Å². The Hall–Kier alpha value is -3.90. The molecule has 0 spiro atoms. The van der Waals surface area contributed by atoms with Crippen LogP contribution in [0.2, 0.25) is 0 Å². The minimum Gasteiger partial charge on any atom is -0.480 e. The van der Waals surface area contributed by atoms with E-state index in [1.54, 1.807) is 38.1 Å². The van der Waals surface area contributed by atoms with Crippen molar-refractivity contribution in [3.05, 3.63) is 46.0 Å². The fourth-order valence-electron chi connectivity index (χ4n) is 2.59. The van der Waals surface area contributed by atoms with E-state index < -0.39 is 41.0 Å². The molecule has 0 saturated heterocycles. The van der Waals surface area contributed by atoms with Gasteiger partial charge in [-0.1, -0.05) is 44.2 Å². The summed E-state index contributed by atoms with van der Waals surface area (Å²) in [6.45, 7) is 3.52. The number of benzene rings is 1. The highest BCUT2D eigenvalue weighted by Crippen LogP contribution is 2.06. The van der Waals surface area contributed by atoms with Crippen LogP contribution in [-0.2, 0) is 20.9 Å². The number of carbonyl (C=O) groups is 3. The van der Waals surface area contributed by atoms with E-state index >= 15 is 0 Å². The zero-order valence-electron chi connectivity index (χ0n) is 17.8. The number of nitrogens with one attached hydrogen (secondary N) is 3. The van der Waals surface area contributed by atoms with Gasteiger partial charge >= 0.3 is 12.1 Å². The summed E-state index contributed by atoms with van der Waals surface area (Å²) in [7, 11) is 0. The monoisotopic (exact) mass is 452 g/mol. The topological polar surface area (TPSA) is 198 Å². The van der Waals surface area contributed by atoms with E-state index in [-0.39, 0.29) is 31.9 Å². The lowest BCUT2D eigenvalue weighted by molar-refractivity contribution is -0.485. The summed E-state index contributed by atoms with van der Waals surface area (Å²) in [5.74, 6) is -2.69. The van der Waals surface area contributed by atoms with Crippen molar-refractivity contribution in [2.75, 3.05) is 6.54 Å². The molecule has 2 atom stereocenters. The van der Waals surface area contributed by atoms with Crippen LogP contribution in [0.4, 0.5) is 4.79 Å². The molecule has 13 nitrogen and oxygen atoms in total. The first-order valence-corrected chi connectivity index (χ1v) is 9.82. The number of nitrogens with two attached hydrogens (primary N) is 1. The summed E-state index contributed by atoms with van der Waals surface area (Å²) in [6, 6.07) is 6.74. The van der Waals surface area contributed by atoms with Crippen molar-refractivity contribution in [1.29, 1.82) is 0 Å². The minimum atomic E-state index is -1.26. The van der Waals surface area contributed by atoms with E-state index in [0.29, 0.717) is 0 Å². The molecule has 13 heteroatoms. The Morgan fingerprint density at radius 1 is 1.22 bits per heavy atom. The zero-order valence-corrected chi connectivity index (χ0v) is 17.8. The number of hydrogen-bond donors (Lipinski definition) is 5. The van der Waals surface area contributed by atoms with Gasteiger partial charge in [-0.3, -0.25) is 4.79 Å². The average Bonchev–Trinajstić information content (AvgIpc) is 2.72. The Morgan fingerprint density at radius 2 is 1.88 bits per heavy atom. The number of carboxylic acid groups (broad SMARTS) is 1. The minimum absolute atomic E-state index is 0.0170. The lowest BCUT2D eigenvalue weighted by Crippen LogP contribution is -2.53. The van der Waals surface area contributed by atoms with Gasteiger partial charge in [-0.15, -0.1) is 0 Å². The van der Waals surface area contributed by atoms with Crippen LogP contribution >= 0.6 is 0 Å². The molecule has 1 aromatic carbocycles. The number of hydrazone groups is 1. The fourth-order valence-corrected chi connectivity index (χ4v) is 2.59. The van der Waals surface area contributed by atoms with Crippen molar-refractivity contribution in [2.45, 2.75) is 45.4 Å². The predicted molar refractivity (Wildman–Crippen MR) is 114 cm³/mol. The zero-order chi connectivity index (χ0) is 24.1. The van der Waals surface area contributed by atoms with Gasteiger partial charge in [0.25, 0.3) is 5.96 Å². The number of hydrogen-bond acceptors (Lipinski definition) is 6. The Kier molecular flexibility index (Phi) is 11.0. The normalized spacial score (nSPS) is 13.0. The quantitative estimate of drug-likeness (QED) is 0.0978. The van der Waals surface area contributed by atoms with Gasteiger partial charge in [0, 0.05) is 6.54 Å². The Bertz CT molecular complexity index is 816. The van der Waals surface area contributed by atoms with Crippen molar-refractivity contribution in [3.8, 4) is 0 Å². The maximum atomic E-state index is 12.6. The van der Waals surface area contributed by atoms with Crippen molar-refractivity contribution in [1.82, 2.24) is 16.0 Å². The van der Waals surface area contributed by atoms with Crippen molar-refractivity contribution >= 4 is 23.9 Å². The van der Waals surface area contributed by atoms with Crippen LogP contribution in [0.5, 0.6) is 0 Å². The summed E-state index contributed by atoms with van der Waals surface area (Å²) < 4.78 is 5.12. The molecule has 0 saturated carbocycles. The van der Waals surface area contributed by atoms with Crippen molar-refractivity contribution in [3.63, 3.8) is 0 Å². The molecule has 0 bridgehead atoms. The lowest BCUT2D eigenvalue weighted by Gasteiger charge is -2.23. The third-order valence-electron chi connectivity index (χ3n) is 4.21. The SMILES string of the molecule is CC(C)[C@H](NC(=O)OCc1ccccc1)C(=O)N[C@@H](CCCN/C(N)=N\[N+](=O)[O-])C(=O)O. The molecular formula is C19H28N6O7. The molecule has 0 aliphatic carbocycles. The first-order chi connectivity index (χ1) is 15.1. The highest BCUT2D eigenvalue weighted by atomic mass is 16.7. The number of aliphatic carboxylic acids is 1. The number of alkyl carbamates (subject to hydrolysis) is 1. The molecule has 0 heterocycles. The number of ether oxygens (including phenoxy) is 1. The highest BCUT2D eigenvalue weighted by molar-refractivity contribution is 5.89. The molecule has 0 aliphatic heterocycles. The molecule has 6 N–H and O–H groups in total. The van der Waals surface area contributed by atoms with Crippen molar-refractivity contribution in [2.24, 2.45) is 16.8 Å². The van der Waals surface area contributed by atoms with Gasteiger partial charge in [0.1, 0.15) is 23.8 Å². The average molecular weight is 452 g/mol. The molecular weight excluding hydrogens is 424 g/mol. The second-order valence-corrected chi connectivity index (χ2v) is 7.12. The smallest absolute Gasteiger partial charge is 0.408 e. The van der Waals surface area contributed by atoms with Crippen LogP contribution in [-0.4, -0.2) is 52.7 Å². The summed E-state index contributed by atoms with van der Waals surface area (Å²) >= 11 is 0. The standard InChI is InChI=1S/C19H28N6O7/c1-12(2)15(23-19(29)32-11-13-7-4-3-5-8-13)16(26)22-14(17(27)28)9-6-10-21-18(20)24-25(30)31/h3-5,7-8,12,14-15H,6,9-11H2,1-2H3,(H,22,26)(H,23,29)(H,27,28)(H3,20,21,24)/t14-,15-/m0/s1. The molecule has 32 heavy (non-hydrogen) atoms. The number of nitrogens with zero attached hydrogens (tertiary/aromatic N) is 2. The molecule has 0 fully saturated rings. The number of carboxylic acids is 1. The molecule has 1 aromatic rings. The maximum Gasteiger partial charge on any atom is 0.408 e.